The van der Waals surface area contributed by atoms with E-state index in [9.17, 15) is 29.8 Å². The summed E-state index contributed by atoms with van der Waals surface area (Å²) < 4.78 is 94.5. The average Bonchev–Trinajstić information content (AvgIpc) is 2.33. The Bertz CT molecular complexity index is 1090. The molecule has 0 heterocycles. The van der Waals surface area contributed by atoms with Crippen LogP contribution in [0.4, 0.5) is 0 Å². The molecular formula is C10H9NaO9S3. The number of hydrogen-bond acceptors (Lipinski definition) is 6. The molecule has 13 heteroatoms. The molecule has 0 unspecified atom stereocenters. The quantitative estimate of drug-likeness (QED) is 0.479. The van der Waals surface area contributed by atoms with Gasteiger partial charge in [0.25, 0.3) is 30.4 Å². The van der Waals surface area contributed by atoms with E-state index in [2.05, 4.69) is 0 Å². The number of benzene rings is 2. The van der Waals surface area contributed by atoms with E-state index in [-0.39, 0.29) is 40.3 Å². The van der Waals surface area contributed by atoms with Crippen molar-refractivity contribution in [1.29, 1.82) is 0 Å². The maximum absolute atomic E-state index is 11.4. The van der Waals surface area contributed by atoms with Crippen molar-refractivity contribution in [3.8, 4) is 0 Å². The van der Waals surface area contributed by atoms with E-state index in [0.29, 0.717) is 6.07 Å². The van der Waals surface area contributed by atoms with Crippen molar-refractivity contribution in [3.05, 3.63) is 30.3 Å². The van der Waals surface area contributed by atoms with Gasteiger partial charge in [0.1, 0.15) is 9.79 Å². The monoisotopic (exact) mass is 392 g/mol. The molecule has 0 atom stereocenters. The molecule has 122 valence electrons. The third-order valence-corrected chi connectivity index (χ3v) is 5.57. The number of rotatable bonds is 3. The van der Waals surface area contributed by atoms with Gasteiger partial charge in [0.05, 0.1) is 4.90 Å². The summed E-state index contributed by atoms with van der Waals surface area (Å²) in [6.45, 7) is 0. The number of hydrogen-bond donors (Lipinski definition) is 3. The molecule has 0 aromatic heterocycles. The predicted molar refractivity (Wildman–Crippen MR) is 80.5 cm³/mol. The van der Waals surface area contributed by atoms with Gasteiger partial charge in [0.15, 0.2) is 0 Å². The summed E-state index contributed by atoms with van der Waals surface area (Å²) in [4.78, 5) is -2.70. The van der Waals surface area contributed by atoms with E-state index in [1.54, 1.807) is 0 Å². The zero-order valence-electron chi connectivity index (χ0n) is 10.4. The van der Waals surface area contributed by atoms with Crippen molar-refractivity contribution in [3.63, 3.8) is 0 Å². The van der Waals surface area contributed by atoms with Crippen LogP contribution >= 0.6 is 0 Å². The fraction of sp³-hybridized carbons (Fsp3) is 0. The van der Waals surface area contributed by atoms with Gasteiger partial charge in [-0.05, 0) is 23.6 Å². The SMILES string of the molecule is O=S(=O)(O)c1ccc2c(S(=O)(=O)O)c(S(=O)(=O)O)ccc2c1.[NaH]. The van der Waals surface area contributed by atoms with Crippen LogP contribution in [0.1, 0.15) is 0 Å². The fourth-order valence-electron chi connectivity index (χ4n) is 1.89. The Morgan fingerprint density at radius 1 is 0.696 bits per heavy atom. The Morgan fingerprint density at radius 3 is 1.70 bits per heavy atom. The fourth-order valence-corrected chi connectivity index (χ4v) is 4.41. The topological polar surface area (TPSA) is 163 Å². The summed E-state index contributed by atoms with van der Waals surface area (Å²) in [5.41, 5.74) is 0. The van der Waals surface area contributed by atoms with Crippen LogP contribution < -0.4 is 0 Å². The molecule has 0 aliphatic rings. The first kappa shape index (κ1) is 20.5. The van der Waals surface area contributed by atoms with E-state index < -0.39 is 45.0 Å². The minimum atomic E-state index is -5.04. The molecule has 2 aromatic rings. The first-order valence-electron chi connectivity index (χ1n) is 5.31. The summed E-state index contributed by atoms with van der Waals surface area (Å²) in [5, 5.41) is -0.430. The molecule has 0 bridgehead atoms. The zero-order valence-corrected chi connectivity index (χ0v) is 12.9. The second-order valence-corrected chi connectivity index (χ2v) is 8.37. The maximum atomic E-state index is 11.4. The summed E-state index contributed by atoms with van der Waals surface area (Å²) in [5.74, 6) is 0. The summed E-state index contributed by atoms with van der Waals surface area (Å²) in [7, 11) is -14.6. The second kappa shape index (κ2) is 6.38. The van der Waals surface area contributed by atoms with Crippen LogP contribution in [0, 0.1) is 0 Å². The molecule has 0 fully saturated rings. The molecule has 0 aliphatic carbocycles. The standard InChI is InChI=1S/C10H8O9S3.Na.H/c11-20(12,13)7-2-3-8-6(5-7)1-4-9(21(14,15)16)10(8)22(17,18)19;;/h1-5H,(H,11,12,13)(H,14,15,16)(H,17,18,19);;. The molecule has 2 rings (SSSR count). The first-order valence-corrected chi connectivity index (χ1v) is 9.63. The molecule has 2 aromatic carbocycles. The normalized spacial score (nSPS) is 12.8. The van der Waals surface area contributed by atoms with E-state index >= 15 is 0 Å². The summed E-state index contributed by atoms with van der Waals surface area (Å²) in [6.07, 6.45) is 0. The molecule has 9 nitrogen and oxygen atoms in total. The molecule has 0 radical (unpaired) electrons. The third kappa shape index (κ3) is 4.29. The van der Waals surface area contributed by atoms with Gasteiger partial charge in [0.2, 0.25) is 0 Å². The molecular weight excluding hydrogens is 383 g/mol. The van der Waals surface area contributed by atoms with Crippen molar-refractivity contribution in [1.82, 2.24) is 0 Å². The van der Waals surface area contributed by atoms with E-state index in [4.69, 9.17) is 9.11 Å². The minimum absolute atomic E-state index is 0. The summed E-state index contributed by atoms with van der Waals surface area (Å²) in [6, 6.07) is 4.29. The van der Waals surface area contributed by atoms with Crippen molar-refractivity contribution in [2.75, 3.05) is 0 Å². The Morgan fingerprint density at radius 2 is 1.26 bits per heavy atom. The van der Waals surface area contributed by atoms with Crippen LogP contribution in [0.25, 0.3) is 10.8 Å². The van der Waals surface area contributed by atoms with Gasteiger partial charge in [-0.3, -0.25) is 13.7 Å². The van der Waals surface area contributed by atoms with E-state index in [1.807, 2.05) is 0 Å². The van der Waals surface area contributed by atoms with Crippen LogP contribution in [0.15, 0.2) is 45.0 Å². The summed E-state index contributed by atoms with van der Waals surface area (Å²) >= 11 is 0. The Hall–Kier alpha value is -0.570. The zero-order chi connectivity index (χ0) is 16.9. The Balaban J connectivity index is 0.00000264. The van der Waals surface area contributed by atoms with Gasteiger partial charge in [-0.2, -0.15) is 25.3 Å². The Kier molecular flexibility index (Phi) is 5.68. The first-order chi connectivity index (χ1) is 9.82. The van der Waals surface area contributed by atoms with Gasteiger partial charge in [-0.1, -0.05) is 12.1 Å². The molecule has 0 aliphatic heterocycles. The average molecular weight is 392 g/mol. The van der Waals surface area contributed by atoms with Crippen LogP contribution in [0.3, 0.4) is 0 Å². The molecule has 23 heavy (non-hydrogen) atoms. The molecule has 0 spiro atoms. The molecule has 0 saturated heterocycles. The van der Waals surface area contributed by atoms with Crippen molar-refractivity contribution < 1.29 is 38.9 Å². The van der Waals surface area contributed by atoms with Crippen molar-refractivity contribution >= 4 is 70.7 Å². The molecule has 0 saturated carbocycles. The Labute approximate surface area is 153 Å². The second-order valence-electron chi connectivity index (χ2n) is 4.20. The van der Waals surface area contributed by atoms with Crippen molar-refractivity contribution in [2.24, 2.45) is 0 Å². The van der Waals surface area contributed by atoms with Gasteiger partial charge in [-0.25, -0.2) is 0 Å². The number of fused-ring (bicyclic) bond motifs is 1. The van der Waals surface area contributed by atoms with E-state index in [0.717, 1.165) is 24.3 Å². The molecule has 3 N–H and O–H groups in total. The van der Waals surface area contributed by atoms with Crippen LogP contribution in [0.2, 0.25) is 0 Å². The van der Waals surface area contributed by atoms with Crippen LogP contribution in [0.5, 0.6) is 0 Å². The van der Waals surface area contributed by atoms with Gasteiger partial charge >= 0.3 is 29.6 Å². The van der Waals surface area contributed by atoms with Gasteiger partial charge < -0.3 is 0 Å². The molecule has 0 amide bonds. The third-order valence-electron chi connectivity index (χ3n) is 2.74. The van der Waals surface area contributed by atoms with Crippen LogP contribution in [-0.2, 0) is 30.4 Å². The van der Waals surface area contributed by atoms with E-state index in [1.165, 1.54) is 0 Å². The predicted octanol–water partition coefficient (Wildman–Crippen LogP) is -0.0686. The van der Waals surface area contributed by atoms with Crippen molar-refractivity contribution in [2.45, 2.75) is 14.7 Å². The van der Waals surface area contributed by atoms with Gasteiger partial charge in [-0.15, -0.1) is 0 Å². The van der Waals surface area contributed by atoms with Crippen LogP contribution in [-0.4, -0.2) is 68.5 Å². The van der Waals surface area contributed by atoms with Gasteiger partial charge in [0, 0.05) is 5.39 Å².